The summed E-state index contributed by atoms with van der Waals surface area (Å²) >= 11 is 0. The van der Waals surface area contributed by atoms with Crippen LogP contribution in [0.2, 0.25) is 0 Å². The predicted molar refractivity (Wildman–Crippen MR) is 94.7 cm³/mol. The highest BCUT2D eigenvalue weighted by molar-refractivity contribution is 5.90. The summed E-state index contributed by atoms with van der Waals surface area (Å²) in [6.45, 7) is 6.29. The van der Waals surface area contributed by atoms with Crippen LogP contribution in [-0.4, -0.2) is 15.7 Å². The molecule has 0 bridgehead atoms. The number of hydrogen-bond donors (Lipinski definition) is 1. The Morgan fingerprint density at radius 1 is 1.17 bits per heavy atom. The third kappa shape index (κ3) is 4.68. The third-order valence-corrected chi connectivity index (χ3v) is 4.28. The molecule has 2 aromatic rings. The van der Waals surface area contributed by atoms with Crippen LogP contribution in [0.3, 0.4) is 0 Å². The molecule has 4 heteroatoms. The summed E-state index contributed by atoms with van der Waals surface area (Å²) in [5.74, 6) is 0.102. The van der Waals surface area contributed by atoms with Gasteiger partial charge in [-0.1, -0.05) is 31.9 Å². The van der Waals surface area contributed by atoms with Gasteiger partial charge < -0.3 is 5.32 Å². The van der Waals surface area contributed by atoms with Gasteiger partial charge in [0.05, 0.1) is 5.69 Å². The van der Waals surface area contributed by atoms with Crippen LogP contribution >= 0.6 is 0 Å². The van der Waals surface area contributed by atoms with Gasteiger partial charge in [-0.3, -0.25) is 9.48 Å². The lowest BCUT2D eigenvalue weighted by molar-refractivity contribution is -0.116. The van der Waals surface area contributed by atoms with E-state index in [1.54, 1.807) is 0 Å². The lowest BCUT2D eigenvalue weighted by Gasteiger charge is -2.07. The first-order chi connectivity index (χ1) is 11.0. The molecule has 1 aromatic heterocycles. The van der Waals surface area contributed by atoms with Gasteiger partial charge in [0.1, 0.15) is 0 Å². The van der Waals surface area contributed by atoms with Crippen molar-refractivity contribution in [2.75, 3.05) is 5.32 Å². The van der Waals surface area contributed by atoms with Gasteiger partial charge in [-0.15, -0.1) is 0 Å². The number of hydrogen-bond acceptors (Lipinski definition) is 2. The minimum atomic E-state index is 0.102. The zero-order valence-corrected chi connectivity index (χ0v) is 14.6. The number of carbonyl (C=O) groups excluding carboxylic acids is 1. The lowest BCUT2D eigenvalue weighted by atomic mass is 10.0. The molecule has 0 aliphatic rings. The van der Waals surface area contributed by atoms with Crippen LogP contribution in [0.15, 0.2) is 24.3 Å². The van der Waals surface area contributed by atoms with Crippen molar-refractivity contribution in [2.24, 2.45) is 7.05 Å². The van der Waals surface area contributed by atoms with Gasteiger partial charge in [-0.25, -0.2) is 0 Å². The van der Waals surface area contributed by atoms with Crippen LogP contribution in [0.25, 0.3) is 0 Å². The summed E-state index contributed by atoms with van der Waals surface area (Å²) in [4.78, 5) is 11.8. The van der Waals surface area contributed by atoms with Crippen LogP contribution in [0.5, 0.6) is 0 Å². The number of nitrogens with zero attached hydrogens (tertiary/aromatic N) is 2. The van der Waals surface area contributed by atoms with Crippen molar-refractivity contribution in [1.82, 2.24) is 9.78 Å². The van der Waals surface area contributed by atoms with E-state index in [-0.39, 0.29) is 5.91 Å². The van der Waals surface area contributed by atoms with Gasteiger partial charge in [0.2, 0.25) is 5.91 Å². The summed E-state index contributed by atoms with van der Waals surface area (Å²) < 4.78 is 1.93. The fraction of sp³-hybridized carbons (Fsp3) is 0.474. The normalized spacial score (nSPS) is 10.8. The van der Waals surface area contributed by atoms with Crippen molar-refractivity contribution in [1.29, 1.82) is 0 Å². The summed E-state index contributed by atoms with van der Waals surface area (Å²) in [5.41, 5.74) is 5.67. The number of amides is 1. The second kappa shape index (κ2) is 7.95. The van der Waals surface area contributed by atoms with E-state index in [1.807, 2.05) is 30.8 Å². The van der Waals surface area contributed by atoms with E-state index in [2.05, 4.69) is 36.4 Å². The number of anilines is 1. The highest BCUT2D eigenvalue weighted by Gasteiger charge is 2.10. The number of aromatic nitrogens is 2. The molecule has 4 nitrogen and oxygen atoms in total. The molecule has 2 rings (SSSR count). The first kappa shape index (κ1) is 17.3. The average Bonchev–Trinajstić information content (AvgIpc) is 2.76. The van der Waals surface area contributed by atoms with E-state index in [1.165, 1.54) is 16.8 Å². The molecule has 0 saturated heterocycles. The maximum absolute atomic E-state index is 11.8. The lowest BCUT2D eigenvalue weighted by Crippen LogP contribution is -2.10. The molecule has 0 aliphatic carbocycles. The molecule has 0 unspecified atom stereocenters. The second-order valence-corrected chi connectivity index (χ2v) is 6.15. The van der Waals surface area contributed by atoms with Crippen LogP contribution in [0.4, 0.5) is 5.69 Å². The molecule has 1 N–H and O–H groups in total. The van der Waals surface area contributed by atoms with Gasteiger partial charge in [0.15, 0.2) is 0 Å². The van der Waals surface area contributed by atoms with Gasteiger partial charge in [-0.2, -0.15) is 5.10 Å². The number of rotatable bonds is 7. The zero-order chi connectivity index (χ0) is 16.8. The third-order valence-electron chi connectivity index (χ3n) is 4.28. The van der Waals surface area contributed by atoms with E-state index in [0.717, 1.165) is 37.1 Å². The number of nitrogens with one attached hydrogen (secondary N) is 1. The molecule has 0 aliphatic heterocycles. The summed E-state index contributed by atoms with van der Waals surface area (Å²) in [6.07, 6.45) is 4.67. The molecular formula is C19H27N3O. The maximum atomic E-state index is 11.8. The Kier molecular flexibility index (Phi) is 5.97. The molecular weight excluding hydrogens is 286 g/mol. The molecule has 1 aromatic carbocycles. The Labute approximate surface area is 138 Å². The number of carbonyl (C=O) groups is 1. The van der Waals surface area contributed by atoms with Crippen molar-refractivity contribution in [3.8, 4) is 0 Å². The van der Waals surface area contributed by atoms with Crippen LogP contribution in [0.1, 0.15) is 55.1 Å². The Morgan fingerprint density at radius 3 is 2.43 bits per heavy atom. The van der Waals surface area contributed by atoms with E-state index >= 15 is 0 Å². The quantitative estimate of drug-likeness (QED) is 0.781. The Bertz CT molecular complexity index is 656. The number of benzene rings is 1. The van der Waals surface area contributed by atoms with Crippen molar-refractivity contribution >= 4 is 11.6 Å². The first-order valence-electron chi connectivity index (χ1n) is 8.39. The molecule has 0 atom stereocenters. The zero-order valence-electron chi connectivity index (χ0n) is 14.6. The SMILES string of the molecule is CCCCCC(=O)Nc1ccc(Cc2c(C)nn(C)c2C)cc1. The van der Waals surface area contributed by atoms with Gasteiger partial charge >= 0.3 is 0 Å². The standard InChI is InChI=1S/C19H27N3O/c1-5-6-7-8-19(23)20-17-11-9-16(10-12-17)13-18-14(2)21-22(4)15(18)3/h9-12H,5-8,13H2,1-4H3,(H,20,23). The highest BCUT2D eigenvalue weighted by atomic mass is 16.1. The van der Waals surface area contributed by atoms with E-state index in [4.69, 9.17) is 0 Å². The summed E-state index contributed by atoms with van der Waals surface area (Å²) in [5, 5.41) is 7.42. The van der Waals surface area contributed by atoms with Crippen molar-refractivity contribution in [3.63, 3.8) is 0 Å². The molecule has 23 heavy (non-hydrogen) atoms. The minimum Gasteiger partial charge on any atom is -0.326 e. The van der Waals surface area contributed by atoms with Crippen LogP contribution in [-0.2, 0) is 18.3 Å². The Hall–Kier alpha value is -2.10. The molecule has 0 radical (unpaired) electrons. The van der Waals surface area contributed by atoms with E-state index in [9.17, 15) is 4.79 Å². The monoisotopic (exact) mass is 313 g/mol. The number of aryl methyl sites for hydroxylation is 2. The molecule has 1 heterocycles. The summed E-state index contributed by atoms with van der Waals surface area (Å²) in [6, 6.07) is 8.11. The van der Waals surface area contributed by atoms with E-state index < -0.39 is 0 Å². The highest BCUT2D eigenvalue weighted by Crippen LogP contribution is 2.19. The van der Waals surface area contributed by atoms with E-state index in [0.29, 0.717) is 6.42 Å². The molecule has 0 saturated carbocycles. The van der Waals surface area contributed by atoms with Gasteiger partial charge in [0.25, 0.3) is 0 Å². The largest absolute Gasteiger partial charge is 0.326 e. The van der Waals surface area contributed by atoms with Crippen molar-refractivity contribution < 1.29 is 4.79 Å². The predicted octanol–water partition coefficient (Wildman–Crippen LogP) is 4.15. The molecule has 124 valence electrons. The van der Waals surface area contributed by atoms with Crippen molar-refractivity contribution in [3.05, 3.63) is 46.8 Å². The summed E-state index contributed by atoms with van der Waals surface area (Å²) in [7, 11) is 1.98. The smallest absolute Gasteiger partial charge is 0.224 e. The van der Waals surface area contributed by atoms with Crippen molar-refractivity contribution in [2.45, 2.75) is 52.9 Å². The fourth-order valence-corrected chi connectivity index (χ4v) is 2.74. The number of unbranched alkanes of at least 4 members (excludes halogenated alkanes) is 2. The molecule has 1 amide bonds. The fourth-order valence-electron chi connectivity index (χ4n) is 2.74. The first-order valence-corrected chi connectivity index (χ1v) is 8.39. The maximum Gasteiger partial charge on any atom is 0.224 e. The second-order valence-electron chi connectivity index (χ2n) is 6.15. The average molecular weight is 313 g/mol. The molecule has 0 spiro atoms. The van der Waals surface area contributed by atoms with Crippen LogP contribution in [0, 0.1) is 13.8 Å². The van der Waals surface area contributed by atoms with Gasteiger partial charge in [-0.05, 0) is 38.0 Å². The molecule has 0 fully saturated rings. The Balaban J connectivity index is 1.95. The topological polar surface area (TPSA) is 46.9 Å². The minimum absolute atomic E-state index is 0.102. The van der Waals surface area contributed by atoms with Gasteiger partial charge in [0, 0.05) is 36.8 Å². The Morgan fingerprint density at radius 2 is 1.87 bits per heavy atom. The van der Waals surface area contributed by atoms with Crippen LogP contribution < -0.4 is 5.32 Å².